The highest BCUT2D eigenvalue weighted by Gasteiger charge is 2.37. The fourth-order valence-corrected chi connectivity index (χ4v) is 2.45. The molecule has 1 N–H and O–H groups in total. The molecule has 1 aliphatic rings. The predicted molar refractivity (Wildman–Crippen MR) is 73.9 cm³/mol. The molecule has 0 amide bonds. The predicted octanol–water partition coefficient (Wildman–Crippen LogP) is 1.92. The topological polar surface area (TPSA) is 72.8 Å². The van der Waals surface area contributed by atoms with Crippen LogP contribution in [0.5, 0.6) is 0 Å². The molecule has 1 saturated carbocycles. The lowest BCUT2D eigenvalue weighted by Gasteiger charge is -2.28. The molecule has 0 saturated heterocycles. The first-order valence-corrected chi connectivity index (χ1v) is 7.50. The van der Waals surface area contributed by atoms with Gasteiger partial charge in [0.15, 0.2) is 0 Å². The van der Waals surface area contributed by atoms with E-state index in [0.717, 1.165) is 19.3 Å². The standard InChI is InChI=1S/C15H26O5/c1-11(2)7-9-19-14(17)12-5-3-4-6-13(12)15(18)20-10-8-16/h11-13,16H,3-10H2,1-2H3. The van der Waals surface area contributed by atoms with Crippen LogP contribution >= 0.6 is 0 Å². The number of esters is 2. The number of aliphatic hydroxyl groups is 1. The molecular formula is C15H26O5. The maximum atomic E-state index is 12.1. The van der Waals surface area contributed by atoms with Crippen LogP contribution in [-0.2, 0) is 19.1 Å². The van der Waals surface area contributed by atoms with Gasteiger partial charge in [0, 0.05) is 0 Å². The van der Waals surface area contributed by atoms with Crippen LogP contribution in [0.2, 0.25) is 0 Å². The van der Waals surface area contributed by atoms with E-state index in [0.29, 0.717) is 25.4 Å². The van der Waals surface area contributed by atoms with Crippen LogP contribution in [0.1, 0.15) is 46.0 Å². The molecule has 5 nitrogen and oxygen atoms in total. The van der Waals surface area contributed by atoms with Gasteiger partial charge in [-0.2, -0.15) is 0 Å². The molecule has 5 heteroatoms. The van der Waals surface area contributed by atoms with Gasteiger partial charge in [0.1, 0.15) is 6.61 Å². The molecule has 1 aliphatic carbocycles. The molecule has 0 aromatic carbocycles. The SMILES string of the molecule is CC(C)CCOC(=O)C1CCCCC1C(=O)OCCO. The summed E-state index contributed by atoms with van der Waals surface area (Å²) in [6.45, 7) is 4.35. The first-order chi connectivity index (χ1) is 9.56. The maximum Gasteiger partial charge on any atom is 0.309 e. The summed E-state index contributed by atoms with van der Waals surface area (Å²) in [6.07, 6.45) is 4.04. The molecule has 116 valence electrons. The Morgan fingerprint density at radius 2 is 1.55 bits per heavy atom. The summed E-state index contributed by atoms with van der Waals surface area (Å²) >= 11 is 0. The Morgan fingerprint density at radius 3 is 2.00 bits per heavy atom. The molecule has 20 heavy (non-hydrogen) atoms. The van der Waals surface area contributed by atoms with Gasteiger partial charge in [-0.05, 0) is 25.2 Å². The van der Waals surface area contributed by atoms with E-state index in [9.17, 15) is 9.59 Å². The van der Waals surface area contributed by atoms with Crippen LogP contribution in [0.4, 0.5) is 0 Å². The van der Waals surface area contributed by atoms with E-state index >= 15 is 0 Å². The highest BCUT2D eigenvalue weighted by Crippen LogP contribution is 2.32. The second-order valence-corrected chi connectivity index (χ2v) is 5.74. The largest absolute Gasteiger partial charge is 0.465 e. The highest BCUT2D eigenvalue weighted by atomic mass is 16.5. The third kappa shape index (κ3) is 5.49. The minimum Gasteiger partial charge on any atom is -0.465 e. The normalized spacial score (nSPS) is 22.6. The second-order valence-electron chi connectivity index (χ2n) is 5.74. The smallest absolute Gasteiger partial charge is 0.309 e. The average molecular weight is 286 g/mol. The molecule has 2 unspecified atom stereocenters. The summed E-state index contributed by atoms with van der Waals surface area (Å²) < 4.78 is 10.2. The number of hydrogen-bond donors (Lipinski definition) is 1. The van der Waals surface area contributed by atoms with Crippen molar-refractivity contribution in [3.8, 4) is 0 Å². The number of hydrogen-bond acceptors (Lipinski definition) is 5. The molecular weight excluding hydrogens is 260 g/mol. The van der Waals surface area contributed by atoms with Crippen LogP contribution in [0.25, 0.3) is 0 Å². The average Bonchev–Trinajstić information content (AvgIpc) is 2.44. The fraction of sp³-hybridized carbons (Fsp3) is 0.867. The Bertz CT molecular complexity index is 313. The van der Waals surface area contributed by atoms with Crippen LogP contribution in [0.3, 0.4) is 0 Å². The van der Waals surface area contributed by atoms with Gasteiger partial charge in [0.25, 0.3) is 0 Å². The zero-order chi connectivity index (χ0) is 15.0. The Morgan fingerprint density at radius 1 is 1.05 bits per heavy atom. The van der Waals surface area contributed by atoms with Crippen molar-refractivity contribution >= 4 is 11.9 Å². The van der Waals surface area contributed by atoms with Crippen LogP contribution < -0.4 is 0 Å². The van der Waals surface area contributed by atoms with Crippen molar-refractivity contribution in [3.63, 3.8) is 0 Å². The summed E-state index contributed by atoms with van der Waals surface area (Å²) in [5.74, 6) is -0.982. The Labute approximate surface area is 120 Å². The quantitative estimate of drug-likeness (QED) is 0.724. The third-order valence-corrected chi connectivity index (χ3v) is 3.65. The van der Waals surface area contributed by atoms with Gasteiger partial charge in [-0.1, -0.05) is 26.7 Å². The monoisotopic (exact) mass is 286 g/mol. The first kappa shape index (κ1) is 17.0. The third-order valence-electron chi connectivity index (χ3n) is 3.65. The molecule has 0 bridgehead atoms. The van der Waals surface area contributed by atoms with Crippen molar-refractivity contribution in [2.75, 3.05) is 19.8 Å². The molecule has 0 aromatic rings. The number of ether oxygens (including phenoxy) is 2. The Balaban J connectivity index is 2.50. The molecule has 0 heterocycles. The van der Waals surface area contributed by atoms with Gasteiger partial charge in [0.05, 0.1) is 25.0 Å². The zero-order valence-electron chi connectivity index (χ0n) is 12.5. The summed E-state index contributed by atoms with van der Waals surface area (Å²) in [4.78, 5) is 24.0. The van der Waals surface area contributed by atoms with Crippen LogP contribution in [-0.4, -0.2) is 36.9 Å². The van der Waals surface area contributed by atoms with E-state index in [1.54, 1.807) is 0 Å². The molecule has 1 rings (SSSR count). The molecule has 0 radical (unpaired) electrons. The zero-order valence-corrected chi connectivity index (χ0v) is 12.5. The summed E-state index contributed by atoms with van der Waals surface area (Å²) in [6, 6.07) is 0. The van der Waals surface area contributed by atoms with Gasteiger partial charge >= 0.3 is 11.9 Å². The lowest BCUT2D eigenvalue weighted by Crippen LogP contribution is -2.35. The number of carbonyl (C=O) groups excluding carboxylic acids is 2. The summed E-state index contributed by atoms with van der Waals surface area (Å²) in [5, 5.41) is 8.69. The van der Waals surface area contributed by atoms with Crippen molar-refractivity contribution in [3.05, 3.63) is 0 Å². The van der Waals surface area contributed by atoms with E-state index in [1.807, 2.05) is 0 Å². The van der Waals surface area contributed by atoms with Gasteiger partial charge in [0.2, 0.25) is 0 Å². The minimum absolute atomic E-state index is 0.00947. The highest BCUT2D eigenvalue weighted by molar-refractivity contribution is 5.82. The van der Waals surface area contributed by atoms with Crippen molar-refractivity contribution in [1.29, 1.82) is 0 Å². The van der Waals surface area contributed by atoms with Gasteiger partial charge in [-0.15, -0.1) is 0 Å². The Hall–Kier alpha value is -1.10. The summed E-state index contributed by atoms with van der Waals surface area (Å²) in [7, 11) is 0. The molecule has 0 spiro atoms. The Kier molecular flexibility index (Phi) is 7.59. The van der Waals surface area contributed by atoms with Crippen LogP contribution in [0.15, 0.2) is 0 Å². The van der Waals surface area contributed by atoms with Crippen molar-refractivity contribution < 1.29 is 24.2 Å². The second kappa shape index (κ2) is 8.95. The van der Waals surface area contributed by atoms with E-state index in [-0.39, 0.29) is 31.1 Å². The van der Waals surface area contributed by atoms with Crippen molar-refractivity contribution in [2.45, 2.75) is 46.0 Å². The molecule has 0 aromatic heterocycles. The van der Waals surface area contributed by atoms with Gasteiger partial charge < -0.3 is 14.6 Å². The van der Waals surface area contributed by atoms with E-state index in [1.165, 1.54) is 0 Å². The minimum atomic E-state index is -0.415. The van der Waals surface area contributed by atoms with Crippen molar-refractivity contribution in [2.24, 2.45) is 17.8 Å². The van der Waals surface area contributed by atoms with E-state index in [4.69, 9.17) is 14.6 Å². The van der Waals surface area contributed by atoms with E-state index in [2.05, 4.69) is 13.8 Å². The van der Waals surface area contributed by atoms with Crippen molar-refractivity contribution in [1.82, 2.24) is 0 Å². The summed E-state index contributed by atoms with van der Waals surface area (Å²) in [5.41, 5.74) is 0. The van der Waals surface area contributed by atoms with E-state index < -0.39 is 5.92 Å². The van der Waals surface area contributed by atoms with Gasteiger partial charge in [-0.25, -0.2) is 0 Å². The lowest BCUT2D eigenvalue weighted by atomic mass is 9.79. The number of aliphatic hydroxyl groups excluding tert-OH is 1. The van der Waals surface area contributed by atoms with Gasteiger partial charge in [-0.3, -0.25) is 9.59 Å². The lowest BCUT2D eigenvalue weighted by molar-refractivity contribution is -0.163. The first-order valence-electron chi connectivity index (χ1n) is 7.50. The fourth-order valence-electron chi connectivity index (χ4n) is 2.45. The van der Waals surface area contributed by atoms with Crippen LogP contribution in [0, 0.1) is 17.8 Å². The molecule has 0 aliphatic heterocycles. The maximum absolute atomic E-state index is 12.1. The molecule has 1 fully saturated rings. The number of carbonyl (C=O) groups is 2. The molecule has 2 atom stereocenters. The number of rotatable bonds is 7.